The lowest BCUT2D eigenvalue weighted by Crippen LogP contribution is -2.24. The van der Waals surface area contributed by atoms with E-state index in [2.05, 4.69) is 21.2 Å². The number of hydrogen-bond acceptors (Lipinski definition) is 1. The lowest BCUT2D eigenvalue weighted by Gasteiger charge is -2.08. The minimum atomic E-state index is 0.174. The third-order valence-electron chi connectivity index (χ3n) is 2.91. The molecular weight excluding hydrogens is 242 g/mol. The van der Waals surface area contributed by atoms with Gasteiger partial charge in [-0.05, 0) is 18.8 Å². The van der Waals surface area contributed by atoms with Gasteiger partial charge in [0.2, 0.25) is 5.91 Å². The molecule has 0 spiro atoms. The molecule has 2 nitrogen and oxygen atoms in total. The van der Waals surface area contributed by atoms with Crippen LogP contribution >= 0.6 is 15.9 Å². The summed E-state index contributed by atoms with van der Waals surface area (Å²) in [6.07, 6.45) is 8.71. The molecule has 0 aromatic heterocycles. The van der Waals surface area contributed by atoms with Crippen LogP contribution in [-0.2, 0) is 4.79 Å². The summed E-state index contributed by atoms with van der Waals surface area (Å²) in [7, 11) is 0. The number of halogens is 1. The van der Waals surface area contributed by atoms with E-state index < -0.39 is 0 Å². The summed E-state index contributed by atoms with van der Waals surface area (Å²) < 4.78 is 0. The Labute approximate surface area is 95.0 Å². The second kappa shape index (κ2) is 7.27. The Morgan fingerprint density at radius 3 is 2.71 bits per heavy atom. The van der Waals surface area contributed by atoms with Gasteiger partial charge in [-0.25, -0.2) is 0 Å². The summed E-state index contributed by atoms with van der Waals surface area (Å²) in [5.74, 6) is 1.12. The summed E-state index contributed by atoms with van der Waals surface area (Å²) in [4.78, 5) is 11.1. The summed E-state index contributed by atoms with van der Waals surface area (Å²) in [5, 5.41) is 3.70. The molecule has 0 aromatic carbocycles. The summed E-state index contributed by atoms with van der Waals surface area (Å²) in [5.41, 5.74) is 0. The molecule has 0 aliphatic heterocycles. The maximum absolute atomic E-state index is 11.1. The van der Waals surface area contributed by atoms with Crippen molar-refractivity contribution < 1.29 is 4.79 Å². The number of nitrogens with one attached hydrogen (secondary N) is 1. The van der Waals surface area contributed by atoms with Gasteiger partial charge in [0.05, 0.1) is 0 Å². The SMILES string of the molecule is O=C(CCBr)NCCCC1CCCC1. The smallest absolute Gasteiger partial charge is 0.220 e. The van der Waals surface area contributed by atoms with Crippen LogP contribution in [0, 0.1) is 5.92 Å². The Hall–Kier alpha value is -0.0500. The van der Waals surface area contributed by atoms with E-state index in [0.29, 0.717) is 6.42 Å². The maximum Gasteiger partial charge on any atom is 0.220 e. The highest BCUT2D eigenvalue weighted by molar-refractivity contribution is 9.09. The number of carbonyl (C=O) groups excluding carboxylic acids is 1. The van der Waals surface area contributed by atoms with E-state index in [1.54, 1.807) is 0 Å². The summed E-state index contributed by atoms with van der Waals surface area (Å²) in [6.45, 7) is 0.863. The lowest BCUT2D eigenvalue weighted by molar-refractivity contribution is -0.120. The van der Waals surface area contributed by atoms with E-state index in [9.17, 15) is 4.79 Å². The minimum Gasteiger partial charge on any atom is -0.356 e. The quantitative estimate of drug-likeness (QED) is 0.578. The van der Waals surface area contributed by atoms with Gasteiger partial charge in [0.25, 0.3) is 0 Å². The Bertz CT molecular complexity index is 167. The fourth-order valence-electron chi connectivity index (χ4n) is 2.09. The van der Waals surface area contributed by atoms with E-state index in [4.69, 9.17) is 0 Å². The fourth-order valence-corrected chi connectivity index (χ4v) is 2.45. The fraction of sp³-hybridized carbons (Fsp3) is 0.909. The van der Waals surface area contributed by atoms with Gasteiger partial charge in [-0.15, -0.1) is 0 Å². The molecule has 1 saturated carbocycles. The number of amides is 1. The highest BCUT2D eigenvalue weighted by atomic mass is 79.9. The topological polar surface area (TPSA) is 29.1 Å². The molecule has 1 N–H and O–H groups in total. The van der Waals surface area contributed by atoms with Crippen LogP contribution in [0.5, 0.6) is 0 Å². The Morgan fingerprint density at radius 1 is 1.36 bits per heavy atom. The summed E-state index contributed by atoms with van der Waals surface area (Å²) in [6, 6.07) is 0. The average Bonchev–Trinajstić information content (AvgIpc) is 2.65. The Balaban J connectivity index is 1.90. The minimum absolute atomic E-state index is 0.174. The maximum atomic E-state index is 11.1. The van der Waals surface area contributed by atoms with Gasteiger partial charge in [-0.2, -0.15) is 0 Å². The molecule has 1 rings (SSSR count). The van der Waals surface area contributed by atoms with Crippen LogP contribution in [0.1, 0.15) is 44.9 Å². The highest BCUT2D eigenvalue weighted by Crippen LogP contribution is 2.28. The molecule has 0 atom stereocenters. The van der Waals surface area contributed by atoms with Crippen LogP contribution in [0.2, 0.25) is 0 Å². The average molecular weight is 262 g/mol. The second-order valence-electron chi connectivity index (χ2n) is 4.08. The van der Waals surface area contributed by atoms with E-state index in [-0.39, 0.29) is 5.91 Å². The van der Waals surface area contributed by atoms with Crippen molar-refractivity contribution in [1.82, 2.24) is 5.32 Å². The van der Waals surface area contributed by atoms with Gasteiger partial charge in [0.1, 0.15) is 0 Å². The van der Waals surface area contributed by atoms with Crippen molar-refractivity contribution in [2.75, 3.05) is 11.9 Å². The number of carbonyl (C=O) groups is 1. The van der Waals surface area contributed by atoms with Gasteiger partial charge < -0.3 is 5.32 Å². The third kappa shape index (κ3) is 4.99. The largest absolute Gasteiger partial charge is 0.356 e. The van der Waals surface area contributed by atoms with Crippen LogP contribution in [-0.4, -0.2) is 17.8 Å². The van der Waals surface area contributed by atoms with Crippen LogP contribution in [0.3, 0.4) is 0 Å². The molecule has 0 unspecified atom stereocenters. The molecule has 0 radical (unpaired) electrons. The zero-order chi connectivity index (χ0) is 10.2. The molecule has 1 amide bonds. The molecule has 3 heteroatoms. The lowest BCUT2D eigenvalue weighted by atomic mass is 10.0. The highest BCUT2D eigenvalue weighted by Gasteiger charge is 2.13. The molecule has 0 bridgehead atoms. The first kappa shape index (κ1) is 12.0. The van der Waals surface area contributed by atoms with E-state index in [1.807, 2.05) is 0 Å². The van der Waals surface area contributed by atoms with Crippen molar-refractivity contribution in [2.24, 2.45) is 5.92 Å². The Morgan fingerprint density at radius 2 is 2.07 bits per heavy atom. The number of alkyl halides is 1. The molecule has 82 valence electrons. The standard InChI is InChI=1S/C11H20BrNO/c12-8-7-11(14)13-9-3-6-10-4-1-2-5-10/h10H,1-9H2,(H,13,14). The van der Waals surface area contributed by atoms with Crippen molar-refractivity contribution in [2.45, 2.75) is 44.9 Å². The van der Waals surface area contributed by atoms with Gasteiger partial charge in [0, 0.05) is 18.3 Å². The Kier molecular flexibility index (Phi) is 6.24. The molecule has 14 heavy (non-hydrogen) atoms. The van der Waals surface area contributed by atoms with E-state index >= 15 is 0 Å². The normalized spacial score (nSPS) is 17.2. The molecular formula is C11H20BrNO. The van der Waals surface area contributed by atoms with Crippen molar-refractivity contribution in [1.29, 1.82) is 0 Å². The van der Waals surface area contributed by atoms with Gasteiger partial charge in [-0.3, -0.25) is 4.79 Å². The molecule has 1 aliphatic carbocycles. The predicted molar refractivity (Wildman–Crippen MR) is 62.6 cm³/mol. The number of rotatable bonds is 6. The monoisotopic (exact) mass is 261 g/mol. The predicted octanol–water partition coefficient (Wildman–Crippen LogP) is 2.86. The second-order valence-corrected chi connectivity index (χ2v) is 4.87. The molecule has 1 aliphatic rings. The molecule has 0 saturated heterocycles. The molecule has 0 aromatic rings. The van der Waals surface area contributed by atoms with Crippen LogP contribution in [0.4, 0.5) is 0 Å². The first-order chi connectivity index (χ1) is 6.83. The molecule has 1 fully saturated rings. The van der Waals surface area contributed by atoms with Gasteiger partial charge in [-0.1, -0.05) is 41.6 Å². The molecule has 0 heterocycles. The van der Waals surface area contributed by atoms with E-state index in [0.717, 1.165) is 24.2 Å². The van der Waals surface area contributed by atoms with Crippen LogP contribution in [0.15, 0.2) is 0 Å². The van der Waals surface area contributed by atoms with Crippen LogP contribution in [0.25, 0.3) is 0 Å². The first-order valence-corrected chi connectivity index (χ1v) is 6.77. The number of hydrogen-bond donors (Lipinski definition) is 1. The van der Waals surface area contributed by atoms with E-state index in [1.165, 1.54) is 32.1 Å². The van der Waals surface area contributed by atoms with Crippen molar-refractivity contribution in [3.8, 4) is 0 Å². The first-order valence-electron chi connectivity index (χ1n) is 5.65. The third-order valence-corrected chi connectivity index (χ3v) is 3.30. The zero-order valence-electron chi connectivity index (χ0n) is 8.73. The van der Waals surface area contributed by atoms with Crippen molar-refractivity contribution in [3.63, 3.8) is 0 Å². The zero-order valence-corrected chi connectivity index (χ0v) is 10.3. The van der Waals surface area contributed by atoms with Gasteiger partial charge in [0.15, 0.2) is 0 Å². The van der Waals surface area contributed by atoms with Crippen LogP contribution < -0.4 is 5.32 Å². The van der Waals surface area contributed by atoms with Crippen molar-refractivity contribution in [3.05, 3.63) is 0 Å². The van der Waals surface area contributed by atoms with Crippen molar-refractivity contribution >= 4 is 21.8 Å². The van der Waals surface area contributed by atoms with Gasteiger partial charge >= 0.3 is 0 Å². The summed E-state index contributed by atoms with van der Waals surface area (Å²) >= 11 is 3.25.